The van der Waals surface area contributed by atoms with Crippen LogP contribution in [0.5, 0.6) is 0 Å². The van der Waals surface area contributed by atoms with E-state index in [0.717, 1.165) is 44.7 Å². The predicted octanol–water partition coefficient (Wildman–Crippen LogP) is 3.78. The molecule has 116 valence electrons. The monoisotopic (exact) mass is 281 g/mol. The second-order valence-corrected chi connectivity index (χ2v) is 7.99. The fourth-order valence-corrected chi connectivity index (χ4v) is 4.68. The first-order valence-electron chi connectivity index (χ1n) is 8.27. The van der Waals surface area contributed by atoms with Crippen LogP contribution in [0.25, 0.3) is 0 Å². The van der Waals surface area contributed by atoms with Crippen LogP contribution in [0.1, 0.15) is 66.2 Å². The van der Waals surface area contributed by atoms with Crippen molar-refractivity contribution in [3.8, 4) is 0 Å². The summed E-state index contributed by atoms with van der Waals surface area (Å²) in [6.07, 6.45) is 6.04. The van der Waals surface area contributed by atoms with E-state index >= 15 is 0 Å². The van der Waals surface area contributed by atoms with Gasteiger partial charge in [-0.3, -0.25) is 4.79 Å². The van der Waals surface area contributed by atoms with E-state index in [-0.39, 0.29) is 0 Å². The molecule has 2 unspecified atom stereocenters. The second-order valence-electron chi connectivity index (χ2n) is 7.99. The molecule has 20 heavy (non-hydrogen) atoms. The van der Waals surface area contributed by atoms with Crippen molar-refractivity contribution in [3.05, 3.63) is 0 Å². The Labute approximate surface area is 123 Å². The lowest BCUT2D eigenvalue weighted by atomic mass is 9.74. The van der Waals surface area contributed by atoms with Crippen LogP contribution in [-0.2, 0) is 4.79 Å². The predicted molar refractivity (Wildman–Crippen MR) is 81.8 cm³/mol. The van der Waals surface area contributed by atoms with Crippen LogP contribution in [0.15, 0.2) is 0 Å². The molecule has 3 heteroatoms. The van der Waals surface area contributed by atoms with Crippen molar-refractivity contribution in [1.82, 2.24) is 4.90 Å². The van der Waals surface area contributed by atoms with Gasteiger partial charge in [0.1, 0.15) is 0 Å². The Hall–Kier alpha value is -0.570. The summed E-state index contributed by atoms with van der Waals surface area (Å²) >= 11 is 0. The van der Waals surface area contributed by atoms with Crippen LogP contribution in [-0.4, -0.2) is 35.1 Å². The van der Waals surface area contributed by atoms with E-state index in [4.69, 9.17) is 0 Å². The van der Waals surface area contributed by atoms with Crippen LogP contribution >= 0.6 is 0 Å². The molecule has 2 rings (SSSR count). The van der Waals surface area contributed by atoms with Crippen molar-refractivity contribution >= 4 is 5.97 Å². The average Bonchev–Trinajstić information content (AvgIpc) is 2.64. The summed E-state index contributed by atoms with van der Waals surface area (Å²) in [6, 6.07) is 0.665. The number of rotatable bonds is 4. The third kappa shape index (κ3) is 3.03. The van der Waals surface area contributed by atoms with Crippen LogP contribution in [0.2, 0.25) is 0 Å². The second kappa shape index (κ2) is 5.67. The number of aliphatic carboxylic acids is 1. The standard InChI is InChI=1S/C17H31NO2/c1-5-6-17(15(19)20)7-9-18(10-8-17)14-12-16(3,4)11-13(14)2/h13-14H,5-12H2,1-4H3,(H,19,20). The van der Waals surface area contributed by atoms with E-state index in [1.807, 2.05) is 0 Å². The molecule has 0 aromatic heterocycles. The Balaban J connectivity index is 1.99. The molecule has 0 amide bonds. The Morgan fingerprint density at radius 1 is 1.25 bits per heavy atom. The highest BCUT2D eigenvalue weighted by molar-refractivity contribution is 5.74. The van der Waals surface area contributed by atoms with Gasteiger partial charge in [-0.05, 0) is 56.5 Å². The van der Waals surface area contributed by atoms with Crippen LogP contribution in [0, 0.1) is 16.7 Å². The lowest BCUT2D eigenvalue weighted by molar-refractivity contribution is -0.153. The molecule has 2 atom stereocenters. The molecule has 1 N–H and O–H groups in total. The summed E-state index contributed by atoms with van der Waals surface area (Å²) in [5, 5.41) is 9.59. The van der Waals surface area contributed by atoms with Crippen LogP contribution in [0.3, 0.4) is 0 Å². The molecule has 0 spiro atoms. The lowest BCUT2D eigenvalue weighted by Crippen LogP contribution is -2.48. The normalized spacial score (nSPS) is 33.2. The van der Waals surface area contributed by atoms with Gasteiger partial charge in [0.15, 0.2) is 0 Å². The van der Waals surface area contributed by atoms with E-state index in [1.54, 1.807) is 0 Å². The summed E-state index contributed by atoms with van der Waals surface area (Å²) < 4.78 is 0. The topological polar surface area (TPSA) is 40.5 Å². The fourth-order valence-electron chi connectivity index (χ4n) is 4.68. The quantitative estimate of drug-likeness (QED) is 0.852. The van der Waals surface area contributed by atoms with Gasteiger partial charge >= 0.3 is 5.97 Å². The van der Waals surface area contributed by atoms with Gasteiger partial charge in [-0.25, -0.2) is 0 Å². The number of likely N-dealkylation sites (tertiary alicyclic amines) is 1. The zero-order valence-corrected chi connectivity index (χ0v) is 13.6. The molecule has 1 saturated heterocycles. The van der Waals surface area contributed by atoms with E-state index in [9.17, 15) is 9.90 Å². The minimum absolute atomic E-state index is 0.442. The van der Waals surface area contributed by atoms with E-state index in [0.29, 0.717) is 11.5 Å². The zero-order valence-electron chi connectivity index (χ0n) is 13.6. The molecule has 0 radical (unpaired) electrons. The van der Waals surface area contributed by atoms with Gasteiger partial charge in [0.2, 0.25) is 0 Å². The molecular formula is C17H31NO2. The first-order chi connectivity index (χ1) is 9.30. The minimum atomic E-state index is -0.571. The summed E-state index contributed by atoms with van der Waals surface area (Å²) in [7, 11) is 0. The van der Waals surface area contributed by atoms with E-state index < -0.39 is 11.4 Å². The molecule has 3 nitrogen and oxygen atoms in total. The van der Waals surface area contributed by atoms with Crippen LogP contribution in [0.4, 0.5) is 0 Å². The Morgan fingerprint density at radius 2 is 1.85 bits per heavy atom. The van der Waals surface area contributed by atoms with Crippen molar-refractivity contribution in [3.63, 3.8) is 0 Å². The molecule has 0 bridgehead atoms. The molecule has 0 aromatic carbocycles. The molecule has 1 aliphatic heterocycles. The first-order valence-corrected chi connectivity index (χ1v) is 8.27. The number of carboxylic acid groups (broad SMARTS) is 1. The van der Waals surface area contributed by atoms with Gasteiger partial charge in [0.25, 0.3) is 0 Å². The van der Waals surface area contributed by atoms with Gasteiger partial charge in [-0.15, -0.1) is 0 Å². The summed E-state index contributed by atoms with van der Waals surface area (Å²) in [4.78, 5) is 14.2. The zero-order chi connectivity index (χ0) is 15.0. The highest BCUT2D eigenvalue weighted by Gasteiger charge is 2.45. The van der Waals surface area contributed by atoms with Crippen molar-refractivity contribution in [2.45, 2.75) is 72.3 Å². The minimum Gasteiger partial charge on any atom is -0.481 e. The highest BCUT2D eigenvalue weighted by Crippen LogP contribution is 2.45. The van der Waals surface area contributed by atoms with E-state index in [1.165, 1.54) is 12.8 Å². The van der Waals surface area contributed by atoms with Gasteiger partial charge in [0, 0.05) is 6.04 Å². The number of hydrogen-bond donors (Lipinski definition) is 1. The Bertz CT molecular complexity index is 356. The summed E-state index contributed by atoms with van der Waals surface area (Å²) in [6.45, 7) is 11.1. The SMILES string of the molecule is CCCC1(C(=O)O)CCN(C2CC(C)(C)CC2C)CC1. The number of hydrogen-bond acceptors (Lipinski definition) is 2. The largest absolute Gasteiger partial charge is 0.481 e. The molecule has 1 heterocycles. The molecular weight excluding hydrogens is 250 g/mol. The molecule has 0 aromatic rings. The smallest absolute Gasteiger partial charge is 0.309 e. The molecule has 2 fully saturated rings. The van der Waals surface area contributed by atoms with Gasteiger partial charge in [-0.1, -0.05) is 34.1 Å². The third-order valence-corrected chi connectivity index (χ3v) is 5.70. The maximum absolute atomic E-state index is 11.6. The number of piperidine rings is 1. The van der Waals surface area contributed by atoms with E-state index in [2.05, 4.69) is 32.6 Å². The first kappa shape index (κ1) is 15.8. The van der Waals surface area contributed by atoms with Crippen molar-refractivity contribution in [2.75, 3.05) is 13.1 Å². The molecule has 1 aliphatic carbocycles. The fraction of sp³-hybridized carbons (Fsp3) is 0.941. The number of nitrogens with zero attached hydrogens (tertiary/aromatic N) is 1. The van der Waals surface area contributed by atoms with Crippen molar-refractivity contribution < 1.29 is 9.90 Å². The van der Waals surface area contributed by atoms with Crippen LogP contribution < -0.4 is 0 Å². The maximum atomic E-state index is 11.6. The lowest BCUT2D eigenvalue weighted by Gasteiger charge is -2.42. The average molecular weight is 281 g/mol. The third-order valence-electron chi connectivity index (χ3n) is 5.70. The summed E-state index contributed by atoms with van der Waals surface area (Å²) in [5.41, 5.74) is 0.0114. The Kier molecular flexibility index (Phi) is 4.48. The maximum Gasteiger partial charge on any atom is 0.309 e. The summed E-state index contributed by atoms with van der Waals surface area (Å²) in [5.74, 6) is 0.173. The van der Waals surface area contributed by atoms with Gasteiger partial charge in [-0.2, -0.15) is 0 Å². The Morgan fingerprint density at radius 3 is 2.25 bits per heavy atom. The van der Waals surface area contributed by atoms with Gasteiger partial charge in [0.05, 0.1) is 5.41 Å². The van der Waals surface area contributed by atoms with Gasteiger partial charge < -0.3 is 10.0 Å². The van der Waals surface area contributed by atoms with Crippen molar-refractivity contribution in [1.29, 1.82) is 0 Å². The highest BCUT2D eigenvalue weighted by atomic mass is 16.4. The molecule has 1 saturated carbocycles. The number of carbonyl (C=O) groups is 1. The number of carboxylic acids is 1. The van der Waals surface area contributed by atoms with Crippen molar-refractivity contribution in [2.24, 2.45) is 16.7 Å². The molecule has 2 aliphatic rings.